The zero-order valence-corrected chi connectivity index (χ0v) is 7.44. The summed E-state index contributed by atoms with van der Waals surface area (Å²) in [6.45, 7) is 7.85. The molecule has 1 spiro atoms. The van der Waals surface area contributed by atoms with Crippen molar-refractivity contribution >= 4 is 0 Å². The quantitative estimate of drug-likeness (QED) is 0.567. The molecule has 2 rings (SSSR count). The van der Waals surface area contributed by atoms with E-state index in [0.29, 0.717) is 5.41 Å². The molecular formula is C9H17NO. The third-order valence-electron chi connectivity index (χ3n) is 3.35. The van der Waals surface area contributed by atoms with E-state index in [1.165, 1.54) is 12.8 Å². The predicted octanol–water partition coefficient (Wildman–Crippen LogP) is 1.17. The second-order valence-corrected chi connectivity index (χ2v) is 4.42. The average Bonchev–Trinajstić information content (AvgIpc) is 2.04. The molecule has 64 valence electrons. The van der Waals surface area contributed by atoms with Crippen LogP contribution in [0.3, 0.4) is 0 Å². The Balaban J connectivity index is 2.09. The molecule has 11 heavy (non-hydrogen) atoms. The van der Waals surface area contributed by atoms with Gasteiger partial charge < -0.3 is 10.1 Å². The van der Waals surface area contributed by atoms with Gasteiger partial charge in [0.15, 0.2) is 0 Å². The van der Waals surface area contributed by atoms with Crippen LogP contribution in [0.25, 0.3) is 0 Å². The summed E-state index contributed by atoms with van der Waals surface area (Å²) in [5.41, 5.74) is 0.660. The number of rotatable bonds is 0. The lowest BCUT2D eigenvalue weighted by Crippen LogP contribution is -2.63. The minimum absolute atomic E-state index is 0.234. The summed E-state index contributed by atoms with van der Waals surface area (Å²) in [5.74, 6) is 0. The molecule has 0 aromatic heterocycles. The standard InChI is InChI=1S/C9H17NO/c1-8(2)7-11-9(8)3-5-10-6-4-9/h10H,3-7H2,1-2H3. The number of piperidine rings is 1. The molecule has 2 saturated heterocycles. The maximum absolute atomic E-state index is 5.73. The highest BCUT2D eigenvalue weighted by atomic mass is 16.5. The molecule has 2 nitrogen and oxygen atoms in total. The highest BCUT2D eigenvalue weighted by molar-refractivity contribution is 5.04. The van der Waals surface area contributed by atoms with Gasteiger partial charge in [0.05, 0.1) is 12.2 Å². The Hall–Kier alpha value is -0.0800. The van der Waals surface area contributed by atoms with Crippen LogP contribution in [-0.2, 0) is 4.74 Å². The first-order chi connectivity index (χ1) is 5.16. The van der Waals surface area contributed by atoms with Crippen molar-refractivity contribution in [2.24, 2.45) is 5.41 Å². The first-order valence-corrected chi connectivity index (χ1v) is 4.51. The van der Waals surface area contributed by atoms with Crippen LogP contribution in [0.1, 0.15) is 26.7 Å². The minimum atomic E-state index is 0.234. The van der Waals surface area contributed by atoms with Crippen molar-refractivity contribution in [1.82, 2.24) is 5.32 Å². The second-order valence-electron chi connectivity index (χ2n) is 4.42. The van der Waals surface area contributed by atoms with Crippen LogP contribution in [-0.4, -0.2) is 25.3 Å². The first kappa shape index (κ1) is 7.56. The monoisotopic (exact) mass is 155 g/mol. The van der Waals surface area contributed by atoms with E-state index in [2.05, 4.69) is 19.2 Å². The summed E-state index contributed by atoms with van der Waals surface area (Å²) in [6, 6.07) is 0. The van der Waals surface area contributed by atoms with Crippen molar-refractivity contribution in [3.05, 3.63) is 0 Å². The zero-order chi connectivity index (χ0) is 7.95. The fourth-order valence-electron chi connectivity index (χ4n) is 2.22. The smallest absolute Gasteiger partial charge is 0.0779 e. The summed E-state index contributed by atoms with van der Waals surface area (Å²) in [7, 11) is 0. The SMILES string of the molecule is CC1(C)COC12CCNCC2. The van der Waals surface area contributed by atoms with Gasteiger partial charge in [0.2, 0.25) is 0 Å². The molecule has 2 aliphatic rings. The molecule has 0 aromatic carbocycles. The fraction of sp³-hybridized carbons (Fsp3) is 1.00. The predicted molar refractivity (Wildman–Crippen MR) is 44.6 cm³/mol. The zero-order valence-electron chi connectivity index (χ0n) is 7.44. The topological polar surface area (TPSA) is 21.3 Å². The van der Waals surface area contributed by atoms with Crippen LogP contribution < -0.4 is 5.32 Å². The minimum Gasteiger partial charge on any atom is -0.374 e. The molecular weight excluding hydrogens is 138 g/mol. The van der Waals surface area contributed by atoms with E-state index in [4.69, 9.17) is 4.74 Å². The Morgan fingerprint density at radius 3 is 2.09 bits per heavy atom. The lowest BCUT2D eigenvalue weighted by molar-refractivity contribution is -0.262. The highest BCUT2D eigenvalue weighted by Gasteiger charge is 2.54. The summed E-state index contributed by atoms with van der Waals surface area (Å²) in [5, 5.41) is 3.37. The number of nitrogens with one attached hydrogen (secondary N) is 1. The Morgan fingerprint density at radius 2 is 1.82 bits per heavy atom. The van der Waals surface area contributed by atoms with Gasteiger partial charge in [-0.15, -0.1) is 0 Å². The molecule has 0 aliphatic carbocycles. The maximum Gasteiger partial charge on any atom is 0.0779 e. The van der Waals surface area contributed by atoms with Gasteiger partial charge in [0, 0.05) is 5.41 Å². The van der Waals surface area contributed by atoms with Crippen LogP contribution in [0.15, 0.2) is 0 Å². The van der Waals surface area contributed by atoms with Crippen molar-refractivity contribution in [2.45, 2.75) is 32.3 Å². The largest absolute Gasteiger partial charge is 0.374 e. The number of hydrogen-bond acceptors (Lipinski definition) is 2. The second kappa shape index (κ2) is 2.20. The van der Waals surface area contributed by atoms with Gasteiger partial charge in [-0.25, -0.2) is 0 Å². The van der Waals surface area contributed by atoms with Gasteiger partial charge in [0.25, 0.3) is 0 Å². The summed E-state index contributed by atoms with van der Waals surface area (Å²) >= 11 is 0. The molecule has 0 radical (unpaired) electrons. The first-order valence-electron chi connectivity index (χ1n) is 4.51. The lowest BCUT2D eigenvalue weighted by atomic mass is 9.66. The normalized spacial score (nSPS) is 33.3. The molecule has 0 unspecified atom stereocenters. The molecule has 0 aromatic rings. The van der Waals surface area contributed by atoms with E-state index in [-0.39, 0.29) is 5.60 Å². The number of ether oxygens (including phenoxy) is 1. The fourth-order valence-corrected chi connectivity index (χ4v) is 2.22. The summed E-state index contributed by atoms with van der Waals surface area (Å²) < 4.78 is 5.73. The Bertz CT molecular complexity index is 159. The van der Waals surface area contributed by atoms with Gasteiger partial charge in [-0.3, -0.25) is 0 Å². The van der Waals surface area contributed by atoms with Crippen LogP contribution in [0.5, 0.6) is 0 Å². The van der Waals surface area contributed by atoms with Gasteiger partial charge in [0.1, 0.15) is 0 Å². The van der Waals surface area contributed by atoms with E-state index < -0.39 is 0 Å². The molecule has 2 aliphatic heterocycles. The van der Waals surface area contributed by atoms with Crippen LogP contribution in [0.4, 0.5) is 0 Å². The van der Waals surface area contributed by atoms with Gasteiger partial charge in [-0.05, 0) is 25.9 Å². The molecule has 2 fully saturated rings. The van der Waals surface area contributed by atoms with Crippen molar-refractivity contribution in [1.29, 1.82) is 0 Å². The Labute approximate surface area is 68.3 Å². The van der Waals surface area contributed by atoms with Crippen molar-refractivity contribution in [2.75, 3.05) is 19.7 Å². The maximum atomic E-state index is 5.73. The summed E-state index contributed by atoms with van der Waals surface area (Å²) in [6.07, 6.45) is 2.39. The van der Waals surface area contributed by atoms with E-state index in [1.807, 2.05) is 0 Å². The van der Waals surface area contributed by atoms with Gasteiger partial charge in [-0.2, -0.15) is 0 Å². The molecule has 0 amide bonds. The van der Waals surface area contributed by atoms with Crippen molar-refractivity contribution < 1.29 is 4.74 Å². The van der Waals surface area contributed by atoms with Gasteiger partial charge >= 0.3 is 0 Å². The Kier molecular flexibility index (Phi) is 1.52. The van der Waals surface area contributed by atoms with E-state index in [1.54, 1.807) is 0 Å². The molecule has 1 N–H and O–H groups in total. The summed E-state index contributed by atoms with van der Waals surface area (Å²) in [4.78, 5) is 0. The molecule has 0 bridgehead atoms. The molecule has 0 saturated carbocycles. The number of hydrogen-bond donors (Lipinski definition) is 1. The van der Waals surface area contributed by atoms with E-state index in [0.717, 1.165) is 19.7 Å². The lowest BCUT2D eigenvalue weighted by Gasteiger charge is -2.57. The van der Waals surface area contributed by atoms with E-state index in [9.17, 15) is 0 Å². The van der Waals surface area contributed by atoms with Crippen LogP contribution >= 0.6 is 0 Å². The van der Waals surface area contributed by atoms with E-state index >= 15 is 0 Å². The third kappa shape index (κ3) is 0.926. The van der Waals surface area contributed by atoms with Crippen LogP contribution in [0.2, 0.25) is 0 Å². The van der Waals surface area contributed by atoms with Crippen molar-refractivity contribution in [3.63, 3.8) is 0 Å². The third-order valence-corrected chi connectivity index (χ3v) is 3.35. The van der Waals surface area contributed by atoms with Crippen molar-refractivity contribution in [3.8, 4) is 0 Å². The molecule has 2 heteroatoms. The molecule has 2 heterocycles. The van der Waals surface area contributed by atoms with Gasteiger partial charge in [-0.1, -0.05) is 13.8 Å². The van der Waals surface area contributed by atoms with Crippen LogP contribution in [0, 0.1) is 5.41 Å². The highest BCUT2D eigenvalue weighted by Crippen LogP contribution is 2.49. The average molecular weight is 155 g/mol. The molecule has 0 atom stereocenters. The Morgan fingerprint density at radius 1 is 1.18 bits per heavy atom.